The Morgan fingerprint density at radius 2 is 1.87 bits per heavy atom. The van der Waals surface area contributed by atoms with E-state index in [-0.39, 0.29) is 19.1 Å². The summed E-state index contributed by atoms with van der Waals surface area (Å²) in [5.74, 6) is -1.50. The predicted molar refractivity (Wildman–Crippen MR) is 117 cm³/mol. The summed E-state index contributed by atoms with van der Waals surface area (Å²) in [6.07, 6.45) is 2.18. The van der Waals surface area contributed by atoms with Gasteiger partial charge in [-0.2, -0.15) is 5.10 Å². The summed E-state index contributed by atoms with van der Waals surface area (Å²) in [7, 11) is 1.49. The summed E-state index contributed by atoms with van der Waals surface area (Å²) in [5.41, 5.74) is 4.57. The van der Waals surface area contributed by atoms with Gasteiger partial charge in [0.2, 0.25) is 0 Å². The highest BCUT2D eigenvalue weighted by atomic mass is 16.5. The first-order valence-corrected chi connectivity index (χ1v) is 9.74. The first-order valence-electron chi connectivity index (χ1n) is 9.74. The highest BCUT2D eigenvalue weighted by molar-refractivity contribution is 6.35. The third kappa shape index (κ3) is 8.27. The number of para-hydroxylation sites is 1. The van der Waals surface area contributed by atoms with Crippen LogP contribution in [-0.2, 0) is 25.5 Å². The molecule has 3 N–H and O–H groups in total. The van der Waals surface area contributed by atoms with Gasteiger partial charge < -0.3 is 20.1 Å². The summed E-state index contributed by atoms with van der Waals surface area (Å²) >= 11 is 0. The SMILES string of the molecule is CCc1ccccc1NC(=O)COc1cccc(/C=N\NC(=O)C(=O)NCCOC)c1. The van der Waals surface area contributed by atoms with E-state index < -0.39 is 11.8 Å². The molecule has 164 valence electrons. The number of anilines is 1. The zero-order chi connectivity index (χ0) is 22.5. The zero-order valence-corrected chi connectivity index (χ0v) is 17.5. The second kappa shape index (κ2) is 12.8. The van der Waals surface area contributed by atoms with Crippen molar-refractivity contribution in [2.24, 2.45) is 5.10 Å². The molecule has 31 heavy (non-hydrogen) atoms. The fourth-order valence-corrected chi connectivity index (χ4v) is 2.53. The highest BCUT2D eigenvalue weighted by Crippen LogP contribution is 2.16. The molecule has 0 bridgehead atoms. The number of carbonyl (C=O) groups excluding carboxylic acids is 3. The van der Waals surface area contributed by atoms with Crippen molar-refractivity contribution in [1.29, 1.82) is 0 Å². The molecule has 0 fully saturated rings. The summed E-state index contributed by atoms with van der Waals surface area (Å²) in [4.78, 5) is 35.3. The maximum atomic E-state index is 12.2. The first-order chi connectivity index (χ1) is 15.0. The lowest BCUT2D eigenvalue weighted by Crippen LogP contribution is -2.39. The van der Waals surface area contributed by atoms with E-state index in [2.05, 4.69) is 21.2 Å². The molecule has 2 aromatic rings. The Kier molecular flexibility index (Phi) is 9.70. The average molecular weight is 426 g/mol. The number of amides is 3. The van der Waals surface area contributed by atoms with E-state index in [4.69, 9.17) is 9.47 Å². The van der Waals surface area contributed by atoms with E-state index in [1.54, 1.807) is 24.3 Å². The van der Waals surface area contributed by atoms with Gasteiger partial charge in [-0.1, -0.05) is 37.3 Å². The van der Waals surface area contributed by atoms with Crippen LogP contribution in [0.5, 0.6) is 5.75 Å². The number of benzene rings is 2. The maximum absolute atomic E-state index is 12.2. The Bertz CT molecular complexity index is 930. The molecular formula is C22H26N4O5. The van der Waals surface area contributed by atoms with Gasteiger partial charge >= 0.3 is 11.8 Å². The van der Waals surface area contributed by atoms with Crippen molar-refractivity contribution in [3.05, 3.63) is 59.7 Å². The number of ether oxygens (including phenoxy) is 2. The Morgan fingerprint density at radius 3 is 2.65 bits per heavy atom. The van der Waals surface area contributed by atoms with E-state index in [9.17, 15) is 14.4 Å². The van der Waals surface area contributed by atoms with Crippen molar-refractivity contribution < 1.29 is 23.9 Å². The molecule has 0 heterocycles. The summed E-state index contributed by atoms with van der Waals surface area (Å²) in [5, 5.41) is 8.97. The third-order valence-electron chi connectivity index (χ3n) is 4.08. The Balaban J connectivity index is 1.83. The molecule has 0 unspecified atom stereocenters. The molecule has 0 aliphatic heterocycles. The topological polar surface area (TPSA) is 118 Å². The van der Waals surface area contributed by atoms with E-state index >= 15 is 0 Å². The number of carbonyl (C=O) groups is 3. The monoisotopic (exact) mass is 426 g/mol. The second-order valence-corrected chi connectivity index (χ2v) is 6.37. The van der Waals surface area contributed by atoms with Crippen LogP contribution in [0.25, 0.3) is 0 Å². The van der Waals surface area contributed by atoms with Gasteiger partial charge in [0.25, 0.3) is 5.91 Å². The normalized spacial score (nSPS) is 10.5. The van der Waals surface area contributed by atoms with Crippen LogP contribution in [0.4, 0.5) is 5.69 Å². The molecule has 2 rings (SSSR count). The van der Waals surface area contributed by atoms with Gasteiger partial charge in [0.1, 0.15) is 5.75 Å². The van der Waals surface area contributed by atoms with Gasteiger partial charge in [-0.05, 0) is 35.7 Å². The van der Waals surface area contributed by atoms with Crippen LogP contribution < -0.4 is 20.8 Å². The number of nitrogens with zero attached hydrogens (tertiary/aromatic N) is 1. The molecule has 0 atom stereocenters. The standard InChI is InChI=1S/C22H26N4O5/c1-3-17-8-4-5-10-19(17)25-20(27)15-31-18-9-6-7-16(13-18)14-24-26-22(29)21(28)23-11-12-30-2/h4-10,13-14H,3,11-12,15H2,1-2H3,(H,23,28)(H,25,27)(H,26,29)/b24-14-. The van der Waals surface area contributed by atoms with E-state index in [1.807, 2.05) is 31.2 Å². The number of rotatable bonds is 10. The van der Waals surface area contributed by atoms with Crippen LogP contribution in [0.1, 0.15) is 18.1 Å². The molecule has 9 heteroatoms. The number of hydrogen-bond donors (Lipinski definition) is 3. The summed E-state index contributed by atoms with van der Waals surface area (Å²) in [6, 6.07) is 14.4. The molecule has 9 nitrogen and oxygen atoms in total. The molecule has 0 saturated carbocycles. The Morgan fingerprint density at radius 1 is 1.06 bits per heavy atom. The minimum absolute atomic E-state index is 0.156. The van der Waals surface area contributed by atoms with E-state index in [1.165, 1.54) is 13.3 Å². The van der Waals surface area contributed by atoms with Gasteiger partial charge in [-0.25, -0.2) is 5.43 Å². The number of hydrogen-bond acceptors (Lipinski definition) is 6. The van der Waals surface area contributed by atoms with Crippen LogP contribution in [0, 0.1) is 0 Å². The molecule has 0 spiro atoms. The Labute approximate surface area is 180 Å². The second-order valence-electron chi connectivity index (χ2n) is 6.37. The molecule has 3 amide bonds. The highest BCUT2D eigenvalue weighted by Gasteiger charge is 2.11. The zero-order valence-electron chi connectivity index (χ0n) is 17.5. The molecule has 0 saturated heterocycles. The largest absolute Gasteiger partial charge is 0.484 e. The van der Waals surface area contributed by atoms with Crippen LogP contribution >= 0.6 is 0 Å². The van der Waals surface area contributed by atoms with Gasteiger partial charge in [0.05, 0.1) is 12.8 Å². The van der Waals surface area contributed by atoms with Gasteiger partial charge in [-0.3, -0.25) is 14.4 Å². The van der Waals surface area contributed by atoms with Crippen LogP contribution in [0.3, 0.4) is 0 Å². The lowest BCUT2D eigenvalue weighted by Gasteiger charge is -2.10. The van der Waals surface area contributed by atoms with Gasteiger partial charge in [-0.15, -0.1) is 0 Å². The number of nitrogens with one attached hydrogen (secondary N) is 3. The van der Waals surface area contributed by atoms with Crippen molar-refractivity contribution >= 4 is 29.6 Å². The number of methoxy groups -OCH3 is 1. The number of hydrazone groups is 1. The van der Waals surface area contributed by atoms with Crippen molar-refractivity contribution in [2.45, 2.75) is 13.3 Å². The molecular weight excluding hydrogens is 400 g/mol. The van der Waals surface area contributed by atoms with E-state index in [0.717, 1.165) is 17.7 Å². The minimum Gasteiger partial charge on any atom is -0.484 e. The van der Waals surface area contributed by atoms with Crippen molar-refractivity contribution in [2.75, 3.05) is 32.2 Å². The fourth-order valence-electron chi connectivity index (χ4n) is 2.53. The third-order valence-corrected chi connectivity index (χ3v) is 4.08. The van der Waals surface area contributed by atoms with E-state index in [0.29, 0.717) is 17.9 Å². The van der Waals surface area contributed by atoms with Gasteiger partial charge in [0, 0.05) is 19.3 Å². The van der Waals surface area contributed by atoms with Crippen LogP contribution in [0.2, 0.25) is 0 Å². The molecule has 2 aromatic carbocycles. The lowest BCUT2D eigenvalue weighted by molar-refractivity contribution is -0.139. The molecule has 0 aliphatic carbocycles. The average Bonchev–Trinajstić information content (AvgIpc) is 2.78. The smallest absolute Gasteiger partial charge is 0.329 e. The maximum Gasteiger partial charge on any atom is 0.329 e. The van der Waals surface area contributed by atoms with Crippen molar-refractivity contribution in [1.82, 2.24) is 10.7 Å². The number of aryl methyl sites for hydroxylation is 1. The minimum atomic E-state index is -0.885. The van der Waals surface area contributed by atoms with Gasteiger partial charge in [0.15, 0.2) is 6.61 Å². The Hall–Kier alpha value is -3.72. The van der Waals surface area contributed by atoms with Crippen molar-refractivity contribution in [3.63, 3.8) is 0 Å². The van der Waals surface area contributed by atoms with Crippen LogP contribution in [-0.4, -0.2) is 50.8 Å². The first kappa shape index (κ1) is 23.6. The molecule has 0 radical (unpaired) electrons. The predicted octanol–water partition coefficient (Wildman–Crippen LogP) is 1.48. The van der Waals surface area contributed by atoms with Crippen molar-refractivity contribution in [3.8, 4) is 5.75 Å². The fraction of sp³-hybridized carbons (Fsp3) is 0.273. The quantitative estimate of drug-likeness (QED) is 0.230. The molecule has 0 aromatic heterocycles. The lowest BCUT2D eigenvalue weighted by atomic mass is 10.1. The summed E-state index contributed by atoms with van der Waals surface area (Å²) < 4.78 is 10.3. The van der Waals surface area contributed by atoms with Crippen LogP contribution in [0.15, 0.2) is 53.6 Å². The molecule has 0 aliphatic rings. The summed E-state index contributed by atoms with van der Waals surface area (Å²) in [6.45, 7) is 2.39.